The van der Waals surface area contributed by atoms with Crippen molar-refractivity contribution in [1.82, 2.24) is 15.3 Å². The van der Waals surface area contributed by atoms with Crippen LogP contribution in [-0.4, -0.2) is 22.4 Å². The summed E-state index contributed by atoms with van der Waals surface area (Å²) in [5.41, 5.74) is 2.04. The summed E-state index contributed by atoms with van der Waals surface area (Å²) in [7, 11) is 0. The van der Waals surface area contributed by atoms with Gasteiger partial charge in [-0.1, -0.05) is 12.1 Å². The molecule has 0 fully saturated rings. The predicted octanol–water partition coefficient (Wildman–Crippen LogP) is 3.75. The molecule has 2 aromatic heterocycles. The molecule has 0 saturated heterocycles. The number of halogens is 1. The highest BCUT2D eigenvalue weighted by Gasteiger charge is 2.07. The van der Waals surface area contributed by atoms with Gasteiger partial charge in [-0.05, 0) is 46.6 Å². The first kappa shape index (κ1) is 14.3. The Labute approximate surface area is 134 Å². The van der Waals surface area contributed by atoms with E-state index in [1.54, 1.807) is 0 Å². The number of hydrogen-bond donors (Lipinski definition) is 2. The minimum atomic E-state index is -0.0182. The molecule has 3 aromatic rings. The largest absolute Gasteiger partial charge is 0.351 e. The Morgan fingerprint density at radius 3 is 2.90 bits per heavy atom. The van der Waals surface area contributed by atoms with E-state index in [0.717, 1.165) is 38.4 Å². The van der Waals surface area contributed by atoms with Gasteiger partial charge in [-0.25, -0.2) is 4.98 Å². The van der Waals surface area contributed by atoms with E-state index < -0.39 is 0 Å². The van der Waals surface area contributed by atoms with Crippen LogP contribution in [-0.2, 0) is 6.42 Å². The highest BCUT2D eigenvalue weighted by molar-refractivity contribution is 9.11. The molecule has 4 nitrogen and oxygen atoms in total. The zero-order valence-electron chi connectivity index (χ0n) is 11.2. The molecule has 0 aliphatic heterocycles. The second-order valence-corrected chi connectivity index (χ2v) is 7.13. The third-order valence-corrected chi connectivity index (χ3v) is 4.73. The van der Waals surface area contributed by atoms with Crippen LogP contribution in [0.4, 0.5) is 0 Å². The van der Waals surface area contributed by atoms with E-state index >= 15 is 0 Å². The number of nitrogens with zero attached hydrogens (tertiary/aromatic N) is 1. The zero-order valence-corrected chi connectivity index (χ0v) is 13.6. The number of hydrogen-bond acceptors (Lipinski definition) is 3. The van der Waals surface area contributed by atoms with Gasteiger partial charge < -0.3 is 10.3 Å². The van der Waals surface area contributed by atoms with E-state index in [4.69, 9.17) is 0 Å². The topological polar surface area (TPSA) is 57.8 Å². The summed E-state index contributed by atoms with van der Waals surface area (Å²) < 4.78 is 0.968. The SMILES string of the molecule is O=C(NCCCc1nc2ccccc2[nH]1)c1ccc(Br)s1. The number of amides is 1. The molecule has 0 spiro atoms. The fraction of sp³-hybridized carbons (Fsp3) is 0.200. The summed E-state index contributed by atoms with van der Waals surface area (Å²) in [6.45, 7) is 0.644. The van der Waals surface area contributed by atoms with Crippen molar-refractivity contribution in [2.75, 3.05) is 6.54 Å². The third kappa shape index (κ3) is 3.51. The molecule has 2 N–H and O–H groups in total. The summed E-state index contributed by atoms with van der Waals surface area (Å²) in [5.74, 6) is 0.944. The van der Waals surface area contributed by atoms with E-state index in [1.807, 2.05) is 36.4 Å². The second kappa shape index (κ2) is 6.41. The first-order valence-corrected chi connectivity index (χ1v) is 8.30. The maximum Gasteiger partial charge on any atom is 0.261 e. The Hall–Kier alpha value is -1.66. The smallest absolute Gasteiger partial charge is 0.261 e. The van der Waals surface area contributed by atoms with E-state index in [9.17, 15) is 4.79 Å². The van der Waals surface area contributed by atoms with E-state index in [-0.39, 0.29) is 5.91 Å². The summed E-state index contributed by atoms with van der Waals surface area (Å²) in [6, 6.07) is 11.7. The van der Waals surface area contributed by atoms with Gasteiger partial charge in [-0.15, -0.1) is 11.3 Å². The first-order valence-electron chi connectivity index (χ1n) is 6.69. The molecule has 1 amide bonds. The number of imidazole rings is 1. The molecule has 21 heavy (non-hydrogen) atoms. The van der Waals surface area contributed by atoms with Crippen LogP contribution in [0.2, 0.25) is 0 Å². The monoisotopic (exact) mass is 363 g/mol. The summed E-state index contributed by atoms with van der Waals surface area (Å²) >= 11 is 4.80. The molecule has 6 heteroatoms. The van der Waals surface area contributed by atoms with Crippen LogP contribution >= 0.6 is 27.3 Å². The van der Waals surface area contributed by atoms with Gasteiger partial charge in [0.05, 0.1) is 19.7 Å². The number of thiophene rings is 1. The van der Waals surface area contributed by atoms with Crippen LogP contribution in [0, 0.1) is 0 Å². The molecule has 0 atom stereocenters. The zero-order chi connectivity index (χ0) is 14.7. The van der Waals surface area contributed by atoms with Crippen molar-refractivity contribution in [1.29, 1.82) is 0 Å². The third-order valence-electron chi connectivity index (χ3n) is 3.11. The van der Waals surface area contributed by atoms with Gasteiger partial charge in [0.2, 0.25) is 0 Å². The van der Waals surface area contributed by atoms with Crippen LogP contribution in [0.3, 0.4) is 0 Å². The van der Waals surface area contributed by atoms with Gasteiger partial charge >= 0.3 is 0 Å². The molecule has 0 aliphatic rings. The number of para-hydroxylation sites is 2. The van der Waals surface area contributed by atoms with Gasteiger partial charge in [0.1, 0.15) is 5.82 Å². The van der Waals surface area contributed by atoms with Crippen LogP contribution in [0.1, 0.15) is 21.9 Å². The fourth-order valence-corrected chi connectivity index (χ4v) is 3.41. The molecule has 108 valence electrons. The molecule has 0 aliphatic carbocycles. The maximum atomic E-state index is 11.9. The Morgan fingerprint density at radius 2 is 2.14 bits per heavy atom. The number of aromatic nitrogens is 2. The normalized spacial score (nSPS) is 10.9. The van der Waals surface area contributed by atoms with Gasteiger partial charge in [0, 0.05) is 13.0 Å². The molecule has 0 saturated carbocycles. The maximum absolute atomic E-state index is 11.9. The quantitative estimate of drug-likeness (QED) is 0.678. The number of rotatable bonds is 5. The van der Waals surface area contributed by atoms with Crippen LogP contribution in [0.5, 0.6) is 0 Å². The number of aryl methyl sites for hydroxylation is 1. The van der Waals surface area contributed by atoms with Gasteiger partial charge in [-0.2, -0.15) is 0 Å². The van der Waals surface area contributed by atoms with Crippen molar-refractivity contribution >= 4 is 44.2 Å². The average molecular weight is 364 g/mol. The fourth-order valence-electron chi connectivity index (χ4n) is 2.11. The lowest BCUT2D eigenvalue weighted by Crippen LogP contribution is -2.23. The highest BCUT2D eigenvalue weighted by atomic mass is 79.9. The number of carbonyl (C=O) groups is 1. The van der Waals surface area contributed by atoms with Crippen LogP contribution in [0.15, 0.2) is 40.2 Å². The Kier molecular flexibility index (Phi) is 4.36. The summed E-state index contributed by atoms with van der Waals surface area (Å²) in [6.07, 6.45) is 1.68. The van der Waals surface area contributed by atoms with Gasteiger partial charge in [0.25, 0.3) is 5.91 Å². The van der Waals surface area contributed by atoms with Gasteiger partial charge in [0.15, 0.2) is 0 Å². The number of carbonyl (C=O) groups excluding carboxylic acids is 1. The molecule has 1 aromatic carbocycles. The van der Waals surface area contributed by atoms with Crippen molar-refractivity contribution < 1.29 is 4.79 Å². The summed E-state index contributed by atoms with van der Waals surface area (Å²) in [5, 5.41) is 2.93. The van der Waals surface area contributed by atoms with Gasteiger partial charge in [-0.3, -0.25) is 4.79 Å². The first-order chi connectivity index (χ1) is 10.2. The molecule has 0 radical (unpaired) electrons. The number of fused-ring (bicyclic) bond motifs is 1. The number of H-pyrrole nitrogens is 1. The molecular weight excluding hydrogens is 350 g/mol. The standard InChI is InChI=1S/C15H14BrN3OS/c16-13-8-7-12(21-13)15(20)17-9-3-6-14-18-10-4-1-2-5-11(10)19-14/h1-2,4-5,7-8H,3,6,9H2,(H,17,20)(H,18,19). The van der Waals surface area contributed by atoms with E-state index in [2.05, 4.69) is 31.2 Å². The minimum Gasteiger partial charge on any atom is -0.351 e. The Morgan fingerprint density at radius 1 is 1.29 bits per heavy atom. The lowest BCUT2D eigenvalue weighted by Gasteiger charge is -2.02. The van der Waals surface area contributed by atoms with Crippen LogP contribution in [0.25, 0.3) is 11.0 Å². The van der Waals surface area contributed by atoms with Crippen molar-refractivity contribution in [2.45, 2.75) is 12.8 Å². The van der Waals surface area contributed by atoms with Crippen molar-refractivity contribution in [3.05, 3.63) is 50.9 Å². The highest BCUT2D eigenvalue weighted by Crippen LogP contribution is 2.21. The van der Waals surface area contributed by atoms with E-state index in [1.165, 1.54) is 11.3 Å². The molecule has 0 bridgehead atoms. The average Bonchev–Trinajstić information content (AvgIpc) is 3.09. The Balaban J connectivity index is 1.49. The molecule has 0 unspecified atom stereocenters. The lowest BCUT2D eigenvalue weighted by molar-refractivity contribution is 0.0957. The second-order valence-electron chi connectivity index (χ2n) is 4.66. The summed E-state index contributed by atoms with van der Waals surface area (Å²) in [4.78, 5) is 20.4. The van der Waals surface area contributed by atoms with Crippen molar-refractivity contribution in [3.8, 4) is 0 Å². The number of aromatic amines is 1. The number of nitrogens with one attached hydrogen (secondary N) is 2. The molecule has 3 rings (SSSR count). The number of benzene rings is 1. The lowest BCUT2D eigenvalue weighted by atomic mass is 10.3. The molecular formula is C15H14BrN3OS. The minimum absolute atomic E-state index is 0.0182. The Bertz CT molecular complexity index is 732. The molecule has 2 heterocycles. The van der Waals surface area contributed by atoms with Crippen LogP contribution < -0.4 is 5.32 Å². The predicted molar refractivity (Wildman–Crippen MR) is 88.8 cm³/mol. The van der Waals surface area contributed by atoms with E-state index in [0.29, 0.717) is 6.54 Å². The van der Waals surface area contributed by atoms with Crippen molar-refractivity contribution in [3.63, 3.8) is 0 Å². The van der Waals surface area contributed by atoms with Crippen molar-refractivity contribution in [2.24, 2.45) is 0 Å².